The summed E-state index contributed by atoms with van der Waals surface area (Å²) in [7, 11) is 0. The quantitative estimate of drug-likeness (QED) is 0.810. The highest BCUT2D eigenvalue weighted by Crippen LogP contribution is 2.31. The van der Waals surface area contributed by atoms with Crippen LogP contribution in [0.2, 0.25) is 0 Å². The number of ether oxygens (including phenoxy) is 2. The van der Waals surface area contributed by atoms with E-state index in [4.69, 9.17) is 9.47 Å². The van der Waals surface area contributed by atoms with Gasteiger partial charge >= 0.3 is 12.0 Å². The molecule has 0 aliphatic carbocycles. The average molecular weight is 345 g/mol. The number of morpholine rings is 1. The standard InChI is InChI=1S/C18H23N3O4/c1-3-25-17(22)15-12(2)19-18(23)20-16(15)13-4-6-14(7-5-13)21-8-10-24-11-9-21/h4-7,15-16H,2-3,8-11H2,1H3,(H2,19,20,23). The van der Waals surface area contributed by atoms with Gasteiger partial charge < -0.3 is 25.0 Å². The van der Waals surface area contributed by atoms with E-state index in [0.717, 1.165) is 37.6 Å². The van der Waals surface area contributed by atoms with Gasteiger partial charge in [-0.25, -0.2) is 4.79 Å². The van der Waals surface area contributed by atoms with Crippen LogP contribution in [0.1, 0.15) is 18.5 Å². The van der Waals surface area contributed by atoms with Crippen molar-refractivity contribution in [2.24, 2.45) is 5.92 Å². The van der Waals surface area contributed by atoms with Crippen molar-refractivity contribution in [3.8, 4) is 0 Å². The molecule has 2 atom stereocenters. The molecule has 7 heteroatoms. The van der Waals surface area contributed by atoms with E-state index in [1.165, 1.54) is 0 Å². The summed E-state index contributed by atoms with van der Waals surface area (Å²) < 4.78 is 10.5. The number of nitrogens with zero attached hydrogens (tertiary/aromatic N) is 1. The van der Waals surface area contributed by atoms with Crippen LogP contribution in [0.5, 0.6) is 0 Å². The zero-order valence-corrected chi connectivity index (χ0v) is 14.3. The molecule has 7 nitrogen and oxygen atoms in total. The van der Waals surface area contributed by atoms with Gasteiger partial charge in [0.05, 0.1) is 25.9 Å². The Hall–Kier alpha value is -2.54. The van der Waals surface area contributed by atoms with Crippen LogP contribution in [0.3, 0.4) is 0 Å². The summed E-state index contributed by atoms with van der Waals surface area (Å²) in [5.74, 6) is -1.06. The molecule has 0 aromatic heterocycles. The third-order valence-corrected chi connectivity index (χ3v) is 4.44. The number of urea groups is 1. The minimum atomic E-state index is -0.660. The molecule has 0 bridgehead atoms. The van der Waals surface area contributed by atoms with Crippen LogP contribution in [-0.4, -0.2) is 44.9 Å². The maximum atomic E-state index is 12.3. The van der Waals surface area contributed by atoms with Crippen molar-refractivity contribution in [2.45, 2.75) is 13.0 Å². The summed E-state index contributed by atoms with van der Waals surface area (Å²) in [6.45, 7) is 8.99. The number of carbonyl (C=O) groups excluding carboxylic acids is 2. The molecule has 2 amide bonds. The third kappa shape index (κ3) is 3.76. The minimum absolute atomic E-state index is 0.277. The molecule has 2 saturated heterocycles. The molecule has 2 heterocycles. The predicted octanol–water partition coefficient (Wildman–Crippen LogP) is 1.57. The van der Waals surface area contributed by atoms with Gasteiger partial charge in [0.1, 0.15) is 5.92 Å². The van der Waals surface area contributed by atoms with E-state index >= 15 is 0 Å². The molecule has 1 aromatic carbocycles. The highest BCUT2D eigenvalue weighted by molar-refractivity contribution is 5.85. The summed E-state index contributed by atoms with van der Waals surface area (Å²) in [5.41, 5.74) is 2.29. The smallest absolute Gasteiger partial charge is 0.319 e. The molecule has 3 rings (SSSR count). The number of esters is 1. The minimum Gasteiger partial charge on any atom is -0.465 e. The molecule has 1 aromatic rings. The summed E-state index contributed by atoms with van der Waals surface area (Å²) in [5, 5.41) is 5.37. The van der Waals surface area contributed by atoms with Crippen molar-refractivity contribution in [1.82, 2.24) is 10.6 Å². The molecular formula is C18H23N3O4. The number of hydrogen-bond donors (Lipinski definition) is 2. The first kappa shape index (κ1) is 17.3. The number of anilines is 1. The van der Waals surface area contributed by atoms with Crippen LogP contribution in [0.15, 0.2) is 36.5 Å². The van der Waals surface area contributed by atoms with Crippen LogP contribution in [-0.2, 0) is 14.3 Å². The summed E-state index contributed by atoms with van der Waals surface area (Å²) in [6, 6.07) is 6.99. The Bertz CT molecular complexity index is 653. The van der Waals surface area contributed by atoms with Gasteiger partial charge in [-0.15, -0.1) is 0 Å². The van der Waals surface area contributed by atoms with E-state index in [9.17, 15) is 9.59 Å². The monoisotopic (exact) mass is 345 g/mol. The van der Waals surface area contributed by atoms with Gasteiger partial charge in [0.15, 0.2) is 0 Å². The normalized spacial score (nSPS) is 23.6. The Morgan fingerprint density at radius 1 is 1.32 bits per heavy atom. The van der Waals surface area contributed by atoms with Gasteiger partial charge in [0, 0.05) is 24.5 Å². The molecule has 0 radical (unpaired) electrons. The van der Waals surface area contributed by atoms with Crippen LogP contribution in [0.4, 0.5) is 10.5 Å². The predicted molar refractivity (Wildman–Crippen MR) is 93.1 cm³/mol. The fourth-order valence-electron chi connectivity index (χ4n) is 3.19. The number of hydrogen-bond acceptors (Lipinski definition) is 5. The maximum absolute atomic E-state index is 12.3. The number of benzene rings is 1. The van der Waals surface area contributed by atoms with E-state index in [2.05, 4.69) is 22.1 Å². The zero-order chi connectivity index (χ0) is 17.8. The number of carbonyl (C=O) groups is 2. The van der Waals surface area contributed by atoms with E-state index in [1.54, 1.807) is 6.92 Å². The van der Waals surface area contributed by atoms with Gasteiger partial charge in [-0.2, -0.15) is 0 Å². The second-order valence-corrected chi connectivity index (χ2v) is 6.02. The lowest BCUT2D eigenvalue weighted by Crippen LogP contribution is -2.51. The number of amides is 2. The first-order valence-corrected chi connectivity index (χ1v) is 8.45. The highest BCUT2D eigenvalue weighted by Gasteiger charge is 2.38. The molecule has 2 aliphatic heterocycles. The molecule has 0 saturated carbocycles. The van der Waals surface area contributed by atoms with Crippen molar-refractivity contribution in [3.05, 3.63) is 42.1 Å². The van der Waals surface area contributed by atoms with Crippen LogP contribution >= 0.6 is 0 Å². The molecule has 134 valence electrons. The molecule has 2 fully saturated rings. The Kier molecular flexibility index (Phi) is 5.23. The lowest BCUT2D eigenvalue weighted by Gasteiger charge is -2.34. The lowest BCUT2D eigenvalue weighted by atomic mass is 9.89. The Balaban J connectivity index is 1.82. The van der Waals surface area contributed by atoms with Crippen LogP contribution in [0.25, 0.3) is 0 Å². The van der Waals surface area contributed by atoms with Gasteiger partial charge in [0.2, 0.25) is 0 Å². The zero-order valence-electron chi connectivity index (χ0n) is 14.3. The molecule has 25 heavy (non-hydrogen) atoms. The van der Waals surface area contributed by atoms with Gasteiger partial charge in [0.25, 0.3) is 0 Å². The second kappa shape index (κ2) is 7.57. The number of rotatable bonds is 4. The maximum Gasteiger partial charge on any atom is 0.319 e. The summed E-state index contributed by atoms with van der Waals surface area (Å²) in [6.07, 6.45) is 0. The van der Waals surface area contributed by atoms with E-state index in [1.807, 2.05) is 24.3 Å². The molecular weight excluding hydrogens is 322 g/mol. The lowest BCUT2D eigenvalue weighted by molar-refractivity contribution is -0.147. The molecule has 0 spiro atoms. The van der Waals surface area contributed by atoms with E-state index < -0.39 is 17.9 Å². The Morgan fingerprint density at radius 3 is 2.64 bits per heavy atom. The molecule has 2 aliphatic rings. The molecule has 2 N–H and O–H groups in total. The SMILES string of the molecule is C=C1NC(=O)NC(c2ccc(N3CCOCC3)cc2)C1C(=O)OCC. The summed E-state index contributed by atoms with van der Waals surface area (Å²) in [4.78, 5) is 26.4. The van der Waals surface area contributed by atoms with Crippen LogP contribution < -0.4 is 15.5 Å². The van der Waals surface area contributed by atoms with Crippen LogP contribution in [0, 0.1) is 5.92 Å². The fraction of sp³-hybridized carbons (Fsp3) is 0.444. The van der Waals surface area contributed by atoms with Crippen molar-refractivity contribution < 1.29 is 19.1 Å². The first-order chi connectivity index (χ1) is 12.1. The second-order valence-electron chi connectivity index (χ2n) is 6.02. The van der Waals surface area contributed by atoms with Crippen molar-refractivity contribution >= 4 is 17.7 Å². The molecule has 2 unspecified atom stereocenters. The fourth-order valence-corrected chi connectivity index (χ4v) is 3.19. The average Bonchev–Trinajstić information content (AvgIpc) is 2.62. The third-order valence-electron chi connectivity index (χ3n) is 4.44. The largest absolute Gasteiger partial charge is 0.465 e. The first-order valence-electron chi connectivity index (χ1n) is 8.45. The number of nitrogens with one attached hydrogen (secondary N) is 2. The van der Waals surface area contributed by atoms with E-state index in [0.29, 0.717) is 5.70 Å². The Labute approximate surface area is 147 Å². The van der Waals surface area contributed by atoms with E-state index in [-0.39, 0.29) is 12.6 Å². The highest BCUT2D eigenvalue weighted by atomic mass is 16.5. The van der Waals surface area contributed by atoms with Gasteiger partial charge in [-0.3, -0.25) is 4.79 Å². The van der Waals surface area contributed by atoms with Gasteiger partial charge in [-0.05, 0) is 24.6 Å². The topological polar surface area (TPSA) is 79.9 Å². The van der Waals surface area contributed by atoms with Crippen molar-refractivity contribution in [2.75, 3.05) is 37.8 Å². The van der Waals surface area contributed by atoms with Crippen molar-refractivity contribution in [1.29, 1.82) is 0 Å². The van der Waals surface area contributed by atoms with Crippen molar-refractivity contribution in [3.63, 3.8) is 0 Å². The van der Waals surface area contributed by atoms with Gasteiger partial charge in [-0.1, -0.05) is 18.7 Å². The summed E-state index contributed by atoms with van der Waals surface area (Å²) >= 11 is 0. The Morgan fingerprint density at radius 2 is 2.00 bits per heavy atom.